The number of carbonyl (C=O) groups is 1. The molecule has 0 fully saturated rings. The molecule has 1 aromatic rings. The van der Waals surface area contributed by atoms with Crippen molar-refractivity contribution in [2.24, 2.45) is 0 Å². The van der Waals surface area contributed by atoms with Gasteiger partial charge in [0.1, 0.15) is 0 Å². The number of rotatable bonds is 6. The Morgan fingerprint density at radius 1 is 1.44 bits per heavy atom. The molecule has 0 saturated heterocycles. The number of carbonyl (C=O) groups excluding carboxylic acids is 1. The molecule has 18 heavy (non-hydrogen) atoms. The standard InChI is InChI=1S/C15H22N2O/c1-5-7-11(2)16-12(3)14-8-6-9-15(10-14)17-13(4)18/h5-6,8-12,16H,1,7H2,2-4H3,(H,17,18). The smallest absolute Gasteiger partial charge is 0.221 e. The Hall–Kier alpha value is -1.61. The van der Waals surface area contributed by atoms with Gasteiger partial charge in [-0.05, 0) is 38.0 Å². The predicted molar refractivity (Wildman–Crippen MR) is 76.6 cm³/mol. The van der Waals surface area contributed by atoms with E-state index >= 15 is 0 Å². The summed E-state index contributed by atoms with van der Waals surface area (Å²) < 4.78 is 0. The summed E-state index contributed by atoms with van der Waals surface area (Å²) in [6.07, 6.45) is 2.86. The fourth-order valence-electron chi connectivity index (χ4n) is 1.93. The maximum Gasteiger partial charge on any atom is 0.221 e. The third kappa shape index (κ3) is 4.72. The lowest BCUT2D eigenvalue weighted by Crippen LogP contribution is -2.28. The summed E-state index contributed by atoms with van der Waals surface area (Å²) in [4.78, 5) is 11.0. The van der Waals surface area contributed by atoms with Crippen LogP contribution in [0.15, 0.2) is 36.9 Å². The van der Waals surface area contributed by atoms with Gasteiger partial charge in [-0.2, -0.15) is 0 Å². The molecular formula is C15H22N2O. The van der Waals surface area contributed by atoms with Gasteiger partial charge in [0.15, 0.2) is 0 Å². The zero-order valence-corrected chi connectivity index (χ0v) is 11.4. The summed E-state index contributed by atoms with van der Waals surface area (Å²) in [5, 5.41) is 6.29. The molecule has 0 heterocycles. The number of anilines is 1. The van der Waals surface area contributed by atoms with Crippen LogP contribution in [0.2, 0.25) is 0 Å². The molecule has 2 atom stereocenters. The Morgan fingerprint density at radius 3 is 2.78 bits per heavy atom. The highest BCUT2D eigenvalue weighted by Crippen LogP contribution is 2.18. The highest BCUT2D eigenvalue weighted by Gasteiger charge is 2.09. The minimum absolute atomic E-state index is 0.0483. The SMILES string of the molecule is C=CCC(C)NC(C)c1cccc(NC(C)=O)c1. The van der Waals surface area contributed by atoms with Crippen molar-refractivity contribution in [3.05, 3.63) is 42.5 Å². The van der Waals surface area contributed by atoms with Crippen LogP contribution in [0.4, 0.5) is 5.69 Å². The Morgan fingerprint density at radius 2 is 2.17 bits per heavy atom. The minimum Gasteiger partial charge on any atom is -0.326 e. The van der Waals surface area contributed by atoms with Crippen molar-refractivity contribution in [1.82, 2.24) is 5.32 Å². The van der Waals surface area contributed by atoms with Gasteiger partial charge in [-0.3, -0.25) is 4.79 Å². The van der Waals surface area contributed by atoms with Crippen LogP contribution in [-0.4, -0.2) is 11.9 Å². The molecule has 0 aliphatic rings. The van der Waals surface area contributed by atoms with Gasteiger partial charge >= 0.3 is 0 Å². The number of hydrogen-bond acceptors (Lipinski definition) is 2. The second-order valence-electron chi connectivity index (χ2n) is 4.62. The molecule has 0 bridgehead atoms. The molecule has 2 N–H and O–H groups in total. The van der Waals surface area contributed by atoms with E-state index in [0.29, 0.717) is 6.04 Å². The Labute approximate surface area is 109 Å². The van der Waals surface area contributed by atoms with Crippen LogP contribution in [-0.2, 0) is 4.79 Å². The molecule has 0 saturated carbocycles. The Kier molecular flexibility index (Phi) is 5.59. The van der Waals surface area contributed by atoms with Gasteiger partial charge in [0.25, 0.3) is 0 Å². The van der Waals surface area contributed by atoms with Gasteiger partial charge in [0.2, 0.25) is 5.91 Å². The first-order chi connectivity index (χ1) is 8.52. The summed E-state index contributed by atoms with van der Waals surface area (Å²) in [5.74, 6) is -0.0483. The zero-order chi connectivity index (χ0) is 13.5. The van der Waals surface area contributed by atoms with E-state index in [1.807, 2.05) is 24.3 Å². The van der Waals surface area contributed by atoms with Crippen LogP contribution >= 0.6 is 0 Å². The van der Waals surface area contributed by atoms with Gasteiger partial charge in [-0.15, -0.1) is 6.58 Å². The summed E-state index contributed by atoms with van der Waals surface area (Å²) in [6.45, 7) is 9.51. The number of hydrogen-bond donors (Lipinski definition) is 2. The summed E-state index contributed by atoms with van der Waals surface area (Å²) in [7, 11) is 0. The maximum absolute atomic E-state index is 11.0. The molecule has 3 nitrogen and oxygen atoms in total. The van der Waals surface area contributed by atoms with Crippen molar-refractivity contribution < 1.29 is 4.79 Å². The van der Waals surface area contributed by atoms with E-state index in [-0.39, 0.29) is 11.9 Å². The van der Waals surface area contributed by atoms with Gasteiger partial charge < -0.3 is 10.6 Å². The van der Waals surface area contributed by atoms with E-state index in [0.717, 1.165) is 17.7 Å². The average Bonchev–Trinajstić information content (AvgIpc) is 2.28. The zero-order valence-electron chi connectivity index (χ0n) is 11.4. The largest absolute Gasteiger partial charge is 0.326 e. The lowest BCUT2D eigenvalue weighted by atomic mass is 10.1. The highest BCUT2D eigenvalue weighted by molar-refractivity contribution is 5.88. The third-order valence-corrected chi connectivity index (χ3v) is 2.76. The van der Waals surface area contributed by atoms with Crippen molar-refractivity contribution in [2.75, 3.05) is 5.32 Å². The maximum atomic E-state index is 11.0. The van der Waals surface area contributed by atoms with Crippen LogP contribution in [0.5, 0.6) is 0 Å². The van der Waals surface area contributed by atoms with Crippen LogP contribution < -0.4 is 10.6 Å². The molecule has 1 aromatic carbocycles. The monoisotopic (exact) mass is 246 g/mol. The van der Waals surface area contributed by atoms with Crippen LogP contribution in [0.3, 0.4) is 0 Å². The second kappa shape index (κ2) is 6.97. The lowest BCUT2D eigenvalue weighted by Gasteiger charge is -2.20. The minimum atomic E-state index is -0.0483. The average molecular weight is 246 g/mol. The lowest BCUT2D eigenvalue weighted by molar-refractivity contribution is -0.114. The summed E-state index contributed by atoms with van der Waals surface area (Å²) in [6, 6.07) is 8.54. The molecule has 0 aromatic heterocycles. The fraction of sp³-hybridized carbons (Fsp3) is 0.400. The molecule has 2 unspecified atom stereocenters. The van der Waals surface area contributed by atoms with Crippen LogP contribution in [0, 0.1) is 0 Å². The molecule has 0 aliphatic carbocycles. The topological polar surface area (TPSA) is 41.1 Å². The molecule has 1 rings (SSSR count). The van der Waals surface area contributed by atoms with Gasteiger partial charge in [-0.1, -0.05) is 18.2 Å². The van der Waals surface area contributed by atoms with Crippen molar-refractivity contribution >= 4 is 11.6 Å². The quantitative estimate of drug-likeness (QED) is 0.756. The third-order valence-electron chi connectivity index (χ3n) is 2.76. The highest BCUT2D eigenvalue weighted by atomic mass is 16.1. The van der Waals surface area contributed by atoms with Crippen molar-refractivity contribution in [3.8, 4) is 0 Å². The molecule has 0 spiro atoms. The molecular weight excluding hydrogens is 224 g/mol. The van der Waals surface area contributed by atoms with E-state index in [2.05, 4.69) is 37.1 Å². The van der Waals surface area contributed by atoms with Crippen molar-refractivity contribution in [2.45, 2.75) is 39.3 Å². The fourth-order valence-corrected chi connectivity index (χ4v) is 1.93. The Balaban J connectivity index is 2.70. The molecule has 0 aliphatic heterocycles. The molecule has 1 amide bonds. The van der Waals surface area contributed by atoms with Crippen molar-refractivity contribution in [1.29, 1.82) is 0 Å². The summed E-state index contributed by atoms with van der Waals surface area (Å²) in [5.41, 5.74) is 2.00. The van der Waals surface area contributed by atoms with Crippen LogP contribution in [0.25, 0.3) is 0 Å². The predicted octanol–water partition coefficient (Wildman–Crippen LogP) is 3.26. The van der Waals surface area contributed by atoms with E-state index in [4.69, 9.17) is 0 Å². The van der Waals surface area contributed by atoms with E-state index < -0.39 is 0 Å². The van der Waals surface area contributed by atoms with Crippen LogP contribution in [0.1, 0.15) is 38.8 Å². The molecule has 3 heteroatoms. The first-order valence-corrected chi connectivity index (χ1v) is 6.27. The number of nitrogens with one attached hydrogen (secondary N) is 2. The van der Waals surface area contributed by atoms with Gasteiger partial charge in [-0.25, -0.2) is 0 Å². The van der Waals surface area contributed by atoms with E-state index in [1.54, 1.807) is 0 Å². The molecule has 98 valence electrons. The number of amides is 1. The Bertz CT molecular complexity index is 415. The second-order valence-corrected chi connectivity index (χ2v) is 4.62. The molecule has 0 radical (unpaired) electrons. The van der Waals surface area contributed by atoms with Crippen molar-refractivity contribution in [3.63, 3.8) is 0 Å². The first kappa shape index (κ1) is 14.5. The van der Waals surface area contributed by atoms with Gasteiger partial charge in [0, 0.05) is 24.7 Å². The van der Waals surface area contributed by atoms with Gasteiger partial charge in [0.05, 0.1) is 0 Å². The normalized spacial score (nSPS) is 13.7. The number of benzene rings is 1. The van der Waals surface area contributed by atoms with E-state index in [1.165, 1.54) is 6.92 Å². The summed E-state index contributed by atoms with van der Waals surface area (Å²) >= 11 is 0. The van der Waals surface area contributed by atoms with E-state index in [9.17, 15) is 4.79 Å². The first-order valence-electron chi connectivity index (χ1n) is 6.27.